The lowest BCUT2D eigenvalue weighted by Crippen LogP contribution is -1.92. The predicted octanol–water partition coefficient (Wildman–Crippen LogP) is 6.25. The van der Waals surface area contributed by atoms with Crippen LogP contribution in [0.4, 0.5) is 8.78 Å². The first-order valence-corrected chi connectivity index (χ1v) is 7.83. The average Bonchev–Trinajstić information content (AvgIpc) is 2.58. The van der Waals surface area contributed by atoms with Crippen LogP contribution in [0.15, 0.2) is 66.7 Å². The van der Waals surface area contributed by atoms with Gasteiger partial charge in [0.2, 0.25) is 0 Å². The monoisotopic (exact) mass is 308 g/mol. The van der Waals surface area contributed by atoms with Gasteiger partial charge in [-0.2, -0.15) is 0 Å². The third-order valence-electron chi connectivity index (χ3n) is 3.95. The lowest BCUT2D eigenvalue weighted by Gasteiger charge is -2.12. The summed E-state index contributed by atoms with van der Waals surface area (Å²) in [7, 11) is 0. The topological polar surface area (TPSA) is 0 Å². The molecular weight excluding hydrogens is 290 g/mol. The minimum atomic E-state index is -0.822. The van der Waals surface area contributed by atoms with E-state index in [1.807, 2.05) is 36.4 Å². The molecule has 0 amide bonds. The van der Waals surface area contributed by atoms with E-state index in [0.717, 1.165) is 30.0 Å². The summed E-state index contributed by atoms with van der Waals surface area (Å²) < 4.78 is 27.8. The summed E-state index contributed by atoms with van der Waals surface area (Å²) in [5.41, 5.74) is 4.18. The Kier molecular flexibility index (Phi) is 4.52. The van der Waals surface area contributed by atoms with E-state index in [2.05, 4.69) is 19.1 Å². The molecule has 3 rings (SSSR count). The van der Waals surface area contributed by atoms with Gasteiger partial charge < -0.3 is 0 Å². The quantitative estimate of drug-likeness (QED) is 0.534. The second-order valence-corrected chi connectivity index (χ2v) is 5.60. The molecule has 0 spiro atoms. The first-order chi connectivity index (χ1) is 11.2. The normalized spacial score (nSPS) is 10.7. The van der Waals surface area contributed by atoms with Crippen LogP contribution in [0.5, 0.6) is 0 Å². The van der Waals surface area contributed by atoms with Crippen molar-refractivity contribution in [2.75, 3.05) is 0 Å². The summed E-state index contributed by atoms with van der Waals surface area (Å²) >= 11 is 0. The highest BCUT2D eigenvalue weighted by molar-refractivity contribution is 5.83. The average molecular weight is 308 g/mol. The molecule has 2 heteroatoms. The second-order valence-electron chi connectivity index (χ2n) is 5.60. The van der Waals surface area contributed by atoms with Crippen LogP contribution in [0.3, 0.4) is 0 Å². The van der Waals surface area contributed by atoms with Gasteiger partial charge in [-0.15, -0.1) is 0 Å². The van der Waals surface area contributed by atoms with E-state index >= 15 is 0 Å². The van der Waals surface area contributed by atoms with Gasteiger partial charge in [0, 0.05) is 5.56 Å². The van der Waals surface area contributed by atoms with Crippen molar-refractivity contribution in [3.8, 4) is 22.3 Å². The molecular formula is C21H18F2. The zero-order valence-corrected chi connectivity index (χ0v) is 13.0. The maximum absolute atomic E-state index is 14.2. The number of rotatable bonds is 4. The molecule has 0 saturated heterocycles. The summed E-state index contributed by atoms with van der Waals surface area (Å²) in [5.74, 6) is -1.62. The van der Waals surface area contributed by atoms with Gasteiger partial charge in [0.1, 0.15) is 0 Å². The molecule has 0 fully saturated rings. The van der Waals surface area contributed by atoms with Crippen LogP contribution in [0.1, 0.15) is 18.9 Å². The molecule has 3 aromatic carbocycles. The van der Waals surface area contributed by atoms with E-state index in [-0.39, 0.29) is 0 Å². The molecule has 23 heavy (non-hydrogen) atoms. The Morgan fingerprint density at radius 3 is 2.22 bits per heavy atom. The zero-order chi connectivity index (χ0) is 16.2. The fourth-order valence-corrected chi connectivity index (χ4v) is 2.86. The minimum Gasteiger partial charge on any atom is -0.204 e. The lowest BCUT2D eigenvalue weighted by atomic mass is 9.93. The van der Waals surface area contributed by atoms with Gasteiger partial charge in [-0.1, -0.05) is 74.0 Å². The number of hydrogen-bond acceptors (Lipinski definition) is 0. The van der Waals surface area contributed by atoms with Crippen molar-refractivity contribution in [1.82, 2.24) is 0 Å². The summed E-state index contributed by atoms with van der Waals surface area (Å²) in [4.78, 5) is 0. The van der Waals surface area contributed by atoms with Gasteiger partial charge in [-0.05, 0) is 34.7 Å². The van der Waals surface area contributed by atoms with Gasteiger partial charge in [-0.25, -0.2) is 8.78 Å². The molecule has 0 aliphatic rings. The van der Waals surface area contributed by atoms with Crippen LogP contribution >= 0.6 is 0 Å². The van der Waals surface area contributed by atoms with E-state index in [4.69, 9.17) is 0 Å². The first-order valence-electron chi connectivity index (χ1n) is 7.83. The smallest absolute Gasteiger partial charge is 0.166 e. The van der Waals surface area contributed by atoms with Crippen molar-refractivity contribution in [3.63, 3.8) is 0 Å². The van der Waals surface area contributed by atoms with Crippen molar-refractivity contribution in [2.24, 2.45) is 0 Å². The van der Waals surface area contributed by atoms with Gasteiger partial charge >= 0.3 is 0 Å². The van der Waals surface area contributed by atoms with E-state index in [1.54, 1.807) is 6.07 Å². The lowest BCUT2D eigenvalue weighted by molar-refractivity contribution is 0.511. The van der Waals surface area contributed by atoms with Crippen LogP contribution in [0.25, 0.3) is 22.3 Å². The maximum atomic E-state index is 14.2. The SMILES string of the molecule is CCCc1cccc(-c2ccccc2-c2cccc(F)c2F)c1. The molecule has 0 aliphatic carbocycles. The number of hydrogen-bond donors (Lipinski definition) is 0. The van der Waals surface area contributed by atoms with Gasteiger partial charge in [0.15, 0.2) is 11.6 Å². The summed E-state index contributed by atoms with van der Waals surface area (Å²) in [6.07, 6.45) is 2.08. The van der Waals surface area contributed by atoms with Gasteiger partial charge in [0.05, 0.1) is 0 Å². The Morgan fingerprint density at radius 1 is 0.739 bits per heavy atom. The van der Waals surface area contributed by atoms with Crippen LogP contribution in [-0.2, 0) is 6.42 Å². The van der Waals surface area contributed by atoms with Crippen LogP contribution in [-0.4, -0.2) is 0 Å². The molecule has 0 saturated carbocycles. The molecule has 0 atom stereocenters. The van der Waals surface area contributed by atoms with Crippen molar-refractivity contribution in [1.29, 1.82) is 0 Å². The van der Waals surface area contributed by atoms with Crippen molar-refractivity contribution >= 4 is 0 Å². The molecule has 0 heterocycles. The fraction of sp³-hybridized carbons (Fsp3) is 0.143. The number of benzene rings is 3. The molecule has 3 aromatic rings. The van der Waals surface area contributed by atoms with Gasteiger partial charge in [0.25, 0.3) is 0 Å². The van der Waals surface area contributed by atoms with Crippen LogP contribution < -0.4 is 0 Å². The Balaban J connectivity index is 2.15. The molecule has 0 aromatic heterocycles. The number of aryl methyl sites for hydroxylation is 1. The van der Waals surface area contributed by atoms with E-state index < -0.39 is 11.6 Å². The van der Waals surface area contributed by atoms with Crippen molar-refractivity contribution < 1.29 is 8.78 Å². The molecule has 0 N–H and O–H groups in total. The van der Waals surface area contributed by atoms with E-state index in [9.17, 15) is 8.78 Å². The zero-order valence-electron chi connectivity index (χ0n) is 13.0. The summed E-state index contributed by atoms with van der Waals surface area (Å²) in [5, 5.41) is 0. The van der Waals surface area contributed by atoms with E-state index in [0.29, 0.717) is 11.1 Å². The molecule has 0 radical (unpaired) electrons. The Hall–Kier alpha value is -2.48. The second kappa shape index (κ2) is 6.74. The third kappa shape index (κ3) is 3.16. The van der Waals surface area contributed by atoms with Crippen LogP contribution in [0, 0.1) is 11.6 Å². The van der Waals surface area contributed by atoms with Crippen molar-refractivity contribution in [3.05, 3.63) is 83.9 Å². The first kappa shape index (κ1) is 15.4. The molecule has 0 nitrogen and oxygen atoms in total. The van der Waals surface area contributed by atoms with Gasteiger partial charge in [-0.3, -0.25) is 0 Å². The predicted molar refractivity (Wildman–Crippen MR) is 91.2 cm³/mol. The molecule has 0 bridgehead atoms. The Morgan fingerprint density at radius 2 is 1.43 bits per heavy atom. The highest BCUT2D eigenvalue weighted by Crippen LogP contribution is 2.34. The fourth-order valence-electron chi connectivity index (χ4n) is 2.86. The summed E-state index contributed by atoms with van der Waals surface area (Å²) in [6.45, 7) is 2.14. The largest absolute Gasteiger partial charge is 0.204 e. The number of halogens is 2. The highest BCUT2D eigenvalue weighted by Gasteiger charge is 2.13. The maximum Gasteiger partial charge on any atom is 0.166 e. The van der Waals surface area contributed by atoms with E-state index in [1.165, 1.54) is 11.6 Å². The van der Waals surface area contributed by atoms with Crippen LogP contribution in [0.2, 0.25) is 0 Å². The highest BCUT2D eigenvalue weighted by atomic mass is 19.2. The standard InChI is InChI=1S/C21H18F2/c1-2-7-15-8-5-9-16(14-15)17-10-3-4-11-18(17)19-12-6-13-20(22)21(19)23/h3-6,8-14H,2,7H2,1H3. The molecule has 0 aliphatic heterocycles. The molecule has 0 unspecified atom stereocenters. The Bertz CT molecular complexity index is 822. The molecule has 116 valence electrons. The third-order valence-corrected chi connectivity index (χ3v) is 3.95. The summed E-state index contributed by atoms with van der Waals surface area (Å²) in [6, 6.07) is 20.1. The van der Waals surface area contributed by atoms with Crippen molar-refractivity contribution in [2.45, 2.75) is 19.8 Å². The minimum absolute atomic E-state index is 0.293. The Labute approximate surface area is 135 Å².